The topological polar surface area (TPSA) is 80.9 Å². The molecule has 0 atom stereocenters. The normalized spacial score (nSPS) is 11.0. The number of nitrogens with zero attached hydrogens (tertiary/aromatic N) is 2. The third kappa shape index (κ3) is 2.62. The van der Waals surface area contributed by atoms with E-state index in [0.29, 0.717) is 21.9 Å². The second kappa shape index (κ2) is 5.42. The minimum atomic E-state index is -0.167. The van der Waals surface area contributed by atoms with Crippen molar-refractivity contribution >= 4 is 44.5 Å². The van der Waals surface area contributed by atoms with Gasteiger partial charge in [-0.05, 0) is 31.5 Å². The van der Waals surface area contributed by atoms with Crippen LogP contribution in [0.3, 0.4) is 0 Å². The van der Waals surface area contributed by atoms with E-state index in [4.69, 9.17) is 5.73 Å². The number of nitrogens with two attached hydrogens (primary N) is 1. The Labute approximate surface area is 129 Å². The van der Waals surface area contributed by atoms with Crippen molar-refractivity contribution < 1.29 is 4.79 Å². The van der Waals surface area contributed by atoms with Gasteiger partial charge in [0.05, 0.1) is 18.4 Å². The van der Waals surface area contributed by atoms with E-state index in [1.807, 2.05) is 0 Å². The van der Waals surface area contributed by atoms with E-state index in [0.717, 1.165) is 10.3 Å². The highest BCUT2D eigenvalue weighted by molar-refractivity contribution is 7.21. The molecule has 0 unspecified atom stereocenters. The zero-order valence-electron chi connectivity index (χ0n) is 11.6. The molecule has 3 rings (SSSR count). The molecule has 1 amide bonds. The Hall–Kier alpha value is -1.99. The van der Waals surface area contributed by atoms with E-state index in [1.165, 1.54) is 21.8 Å². The molecule has 0 radical (unpaired) electrons. The Bertz CT molecular complexity index is 802. The first-order chi connectivity index (χ1) is 10.1. The van der Waals surface area contributed by atoms with Crippen molar-refractivity contribution in [3.63, 3.8) is 0 Å². The summed E-state index contributed by atoms with van der Waals surface area (Å²) in [5, 5.41) is 11.5. The summed E-state index contributed by atoms with van der Waals surface area (Å²) in [7, 11) is 0. The van der Waals surface area contributed by atoms with Crippen molar-refractivity contribution in [3.8, 4) is 0 Å². The van der Waals surface area contributed by atoms with Crippen LogP contribution in [-0.4, -0.2) is 16.1 Å². The quantitative estimate of drug-likeness (QED) is 0.778. The van der Waals surface area contributed by atoms with Crippen molar-refractivity contribution in [2.75, 3.05) is 5.73 Å². The molecule has 3 heterocycles. The maximum absolute atomic E-state index is 12.3. The molecular weight excluding hydrogens is 304 g/mol. The highest BCUT2D eigenvalue weighted by Crippen LogP contribution is 2.31. The van der Waals surface area contributed by atoms with Crippen LogP contribution in [0, 0.1) is 13.8 Å². The smallest absolute Gasteiger partial charge is 0.263 e. The Kier molecular flexibility index (Phi) is 3.60. The predicted octanol–water partition coefficient (Wildman–Crippen LogP) is 2.88. The summed E-state index contributed by atoms with van der Waals surface area (Å²) in [6.45, 7) is 4.66. The number of hydrogen-bond acceptors (Lipinski definition) is 6. The van der Waals surface area contributed by atoms with Crippen molar-refractivity contribution in [1.82, 2.24) is 15.5 Å². The molecule has 3 aromatic rings. The fraction of sp³-hybridized carbons (Fsp3) is 0.214. The van der Waals surface area contributed by atoms with E-state index < -0.39 is 0 Å². The molecule has 3 N–H and O–H groups in total. The molecule has 0 aliphatic carbocycles. The molecule has 0 spiro atoms. The van der Waals surface area contributed by atoms with E-state index in [1.54, 1.807) is 23.6 Å². The Morgan fingerprint density at radius 1 is 1.38 bits per heavy atom. The van der Waals surface area contributed by atoms with Crippen molar-refractivity contribution in [2.45, 2.75) is 20.4 Å². The SMILES string of the molecule is Cc1cc(CNC(=O)c2sc3nnccc3c2N)sc1C. The fourth-order valence-corrected chi connectivity index (χ4v) is 3.97. The number of nitrogens with one attached hydrogen (secondary N) is 1. The first-order valence-electron chi connectivity index (χ1n) is 6.40. The second-order valence-corrected chi connectivity index (χ2v) is 7.07. The number of aryl methyl sites for hydroxylation is 2. The first kappa shape index (κ1) is 14.0. The molecule has 0 aliphatic rings. The van der Waals surface area contributed by atoms with E-state index in [2.05, 4.69) is 35.4 Å². The summed E-state index contributed by atoms with van der Waals surface area (Å²) in [5.74, 6) is -0.167. The highest BCUT2D eigenvalue weighted by atomic mass is 32.1. The van der Waals surface area contributed by atoms with Crippen LogP contribution in [0.15, 0.2) is 18.3 Å². The zero-order valence-corrected chi connectivity index (χ0v) is 13.3. The summed E-state index contributed by atoms with van der Waals surface area (Å²) in [6, 6.07) is 3.87. The number of rotatable bonds is 3. The molecule has 0 aromatic carbocycles. The zero-order chi connectivity index (χ0) is 15.0. The van der Waals surface area contributed by atoms with Gasteiger partial charge in [-0.1, -0.05) is 0 Å². The second-order valence-electron chi connectivity index (χ2n) is 4.73. The van der Waals surface area contributed by atoms with Crippen LogP contribution < -0.4 is 11.1 Å². The van der Waals surface area contributed by atoms with Gasteiger partial charge in [0.1, 0.15) is 9.71 Å². The Morgan fingerprint density at radius 3 is 2.86 bits per heavy atom. The molecule has 0 saturated heterocycles. The number of carbonyl (C=O) groups is 1. The molecule has 7 heteroatoms. The Balaban J connectivity index is 1.79. The van der Waals surface area contributed by atoms with E-state index in [-0.39, 0.29) is 5.91 Å². The van der Waals surface area contributed by atoms with Crippen LogP contribution in [0.4, 0.5) is 5.69 Å². The molecule has 0 fully saturated rings. The maximum atomic E-state index is 12.3. The van der Waals surface area contributed by atoms with Crippen molar-refractivity contribution in [1.29, 1.82) is 0 Å². The summed E-state index contributed by atoms with van der Waals surface area (Å²) >= 11 is 2.96. The minimum Gasteiger partial charge on any atom is -0.397 e. The Morgan fingerprint density at radius 2 is 2.19 bits per heavy atom. The summed E-state index contributed by atoms with van der Waals surface area (Å²) < 4.78 is 0. The lowest BCUT2D eigenvalue weighted by Gasteiger charge is -2.02. The number of fused-ring (bicyclic) bond motifs is 1. The van der Waals surface area contributed by atoms with Gasteiger partial charge in [0, 0.05) is 15.1 Å². The average Bonchev–Trinajstić information content (AvgIpc) is 2.98. The summed E-state index contributed by atoms with van der Waals surface area (Å²) in [4.78, 5) is 15.9. The molecule has 3 aromatic heterocycles. The number of carbonyl (C=O) groups excluding carboxylic acids is 1. The van der Waals surface area contributed by atoms with Crippen molar-refractivity contribution in [3.05, 3.63) is 38.5 Å². The monoisotopic (exact) mass is 318 g/mol. The molecule has 108 valence electrons. The van der Waals surface area contributed by atoms with E-state index >= 15 is 0 Å². The number of anilines is 1. The number of aromatic nitrogens is 2. The van der Waals surface area contributed by atoms with Crippen LogP contribution in [0.25, 0.3) is 10.2 Å². The number of thiophene rings is 2. The standard InChI is InChI=1S/C14H14N4OS2/c1-7-5-9(20-8(7)2)6-16-13(19)12-11(15)10-3-4-17-18-14(10)21-12/h3-5H,6,15H2,1-2H3,(H,16,19). The van der Waals surface area contributed by atoms with E-state index in [9.17, 15) is 4.79 Å². The van der Waals surface area contributed by atoms with Gasteiger partial charge < -0.3 is 11.1 Å². The molecule has 0 bridgehead atoms. The number of hydrogen-bond donors (Lipinski definition) is 2. The first-order valence-corrected chi connectivity index (χ1v) is 8.03. The molecule has 21 heavy (non-hydrogen) atoms. The third-order valence-electron chi connectivity index (χ3n) is 3.27. The van der Waals surface area contributed by atoms with Gasteiger partial charge in [-0.25, -0.2) is 0 Å². The molecule has 0 saturated carbocycles. The lowest BCUT2D eigenvalue weighted by molar-refractivity contribution is 0.0956. The summed E-state index contributed by atoms with van der Waals surface area (Å²) in [6.07, 6.45) is 1.57. The van der Waals surface area contributed by atoms with Gasteiger partial charge in [-0.15, -0.1) is 27.8 Å². The van der Waals surface area contributed by atoms with Crippen LogP contribution >= 0.6 is 22.7 Å². The van der Waals surface area contributed by atoms with Crippen molar-refractivity contribution in [2.24, 2.45) is 0 Å². The summed E-state index contributed by atoms with van der Waals surface area (Å²) in [5.41, 5.74) is 7.75. The largest absolute Gasteiger partial charge is 0.397 e. The average molecular weight is 318 g/mol. The van der Waals surface area contributed by atoms with Gasteiger partial charge in [-0.2, -0.15) is 5.10 Å². The lowest BCUT2D eigenvalue weighted by atomic mass is 10.2. The van der Waals surface area contributed by atoms with Crippen LogP contribution in [-0.2, 0) is 6.54 Å². The van der Waals surface area contributed by atoms with Gasteiger partial charge in [0.25, 0.3) is 5.91 Å². The number of nitrogen functional groups attached to an aromatic ring is 1. The molecular formula is C14H14N4OS2. The predicted molar refractivity (Wildman–Crippen MR) is 86.8 cm³/mol. The fourth-order valence-electron chi connectivity index (χ4n) is 2.03. The number of amides is 1. The minimum absolute atomic E-state index is 0.167. The van der Waals surface area contributed by atoms with Crippen LogP contribution in [0.1, 0.15) is 25.0 Å². The van der Waals surface area contributed by atoms with Gasteiger partial charge in [-0.3, -0.25) is 4.79 Å². The highest BCUT2D eigenvalue weighted by Gasteiger charge is 2.17. The van der Waals surface area contributed by atoms with Gasteiger partial charge in [0.2, 0.25) is 0 Å². The lowest BCUT2D eigenvalue weighted by Crippen LogP contribution is -2.22. The van der Waals surface area contributed by atoms with Gasteiger partial charge in [0.15, 0.2) is 0 Å². The van der Waals surface area contributed by atoms with Gasteiger partial charge >= 0.3 is 0 Å². The van der Waals surface area contributed by atoms with Crippen LogP contribution in [0.5, 0.6) is 0 Å². The maximum Gasteiger partial charge on any atom is 0.263 e. The third-order valence-corrected chi connectivity index (χ3v) is 5.52. The molecule has 0 aliphatic heterocycles. The van der Waals surface area contributed by atoms with Crippen LogP contribution in [0.2, 0.25) is 0 Å². The molecule has 5 nitrogen and oxygen atoms in total.